The van der Waals surface area contributed by atoms with Crippen molar-refractivity contribution in [2.75, 3.05) is 25.2 Å². The maximum absolute atomic E-state index is 14.1. The van der Waals surface area contributed by atoms with Crippen molar-refractivity contribution in [2.45, 2.75) is 84.5 Å². The number of carbonyl (C=O) groups is 4. The summed E-state index contributed by atoms with van der Waals surface area (Å²) < 4.78 is 10.3. The molecule has 0 spiro atoms. The molecule has 1 aromatic carbocycles. The van der Waals surface area contributed by atoms with E-state index in [1.807, 2.05) is 20.1 Å². The number of hydrogen-bond acceptors (Lipinski definition) is 8. The minimum Gasteiger partial charge on any atom is -0.508 e. The van der Waals surface area contributed by atoms with E-state index in [0.29, 0.717) is 24.2 Å². The number of aromatic hydroxyl groups is 1. The number of nitrogens with zero attached hydrogens (tertiary/aromatic N) is 1. The smallest absolute Gasteiger partial charge is 0.408 e. The number of rotatable bonds is 14. The molecule has 3 N–H and O–H groups in total. The van der Waals surface area contributed by atoms with Gasteiger partial charge in [0.15, 0.2) is 0 Å². The second kappa shape index (κ2) is 16.1. The van der Waals surface area contributed by atoms with Crippen molar-refractivity contribution in [3.8, 4) is 5.75 Å². The number of thioether (sulfide) groups is 1. The highest BCUT2D eigenvalue weighted by molar-refractivity contribution is 7.98. The lowest BCUT2D eigenvalue weighted by atomic mass is 9.99. The highest BCUT2D eigenvalue weighted by Gasteiger charge is 2.38. The molecule has 0 radical (unpaired) electrons. The monoisotopic (exact) mass is 553 g/mol. The van der Waals surface area contributed by atoms with Crippen molar-refractivity contribution in [3.63, 3.8) is 0 Å². The number of alkyl carbamates (subject to hydrolysis) is 1. The van der Waals surface area contributed by atoms with Crippen molar-refractivity contribution >= 4 is 35.6 Å². The van der Waals surface area contributed by atoms with Crippen LogP contribution in [0.4, 0.5) is 4.79 Å². The zero-order valence-corrected chi connectivity index (χ0v) is 24.4. The lowest BCUT2D eigenvalue weighted by Gasteiger charge is -2.38. The van der Waals surface area contributed by atoms with Crippen LogP contribution in [0.2, 0.25) is 0 Å². The molecule has 0 aliphatic heterocycles. The Labute approximate surface area is 230 Å². The third-order valence-electron chi connectivity index (χ3n) is 5.57. The minimum absolute atomic E-state index is 0.0155. The first-order valence-corrected chi connectivity index (χ1v) is 14.3. The Bertz CT molecular complexity index is 935. The maximum Gasteiger partial charge on any atom is 0.408 e. The summed E-state index contributed by atoms with van der Waals surface area (Å²) in [5.74, 6) is -0.893. The molecular weight excluding hydrogens is 510 g/mol. The van der Waals surface area contributed by atoms with E-state index in [4.69, 9.17) is 9.47 Å². The van der Waals surface area contributed by atoms with Gasteiger partial charge in [-0.1, -0.05) is 19.1 Å². The summed E-state index contributed by atoms with van der Waals surface area (Å²) in [7, 11) is 0. The quantitative estimate of drug-likeness (QED) is 0.296. The summed E-state index contributed by atoms with van der Waals surface area (Å²) in [5, 5.41) is 15.6. The van der Waals surface area contributed by atoms with Gasteiger partial charge in [-0.2, -0.15) is 11.8 Å². The molecule has 0 saturated carbocycles. The highest BCUT2D eigenvalue weighted by atomic mass is 32.2. The lowest BCUT2D eigenvalue weighted by molar-refractivity contribution is -0.146. The van der Waals surface area contributed by atoms with Gasteiger partial charge in [-0.05, 0) is 77.2 Å². The van der Waals surface area contributed by atoms with Gasteiger partial charge in [-0.15, -0.1) is 0 Å². The average Bonchev–Trinajstić information content (AvgIpc) is 2.83. The van der Waals surface area contributed by atoms with Crippen LogP contribution in [0.3, 0.4) is 0 Å². The molecule has 0 aliphatic rings. The van der Waals surface area contributed by atoms with Crippen LogP contribution in [-0.4, -0.2) is 76.7 Å². The molecule has 214 valence electrons. The molecule has 0 aromatic heterocycles. The Morgan fingerprint density at radius 2 is 1.84 bits per heavy atom. The van der Waals surface area contributed by atoms with Gasteiger partial charge in [0.05, 0.1) is 13.0 Å². The van der Waals surface area contributed by atoms with Crippen LogP contribution in [0.1, 0.15) is 72.4 Å². The maximum atomic E-state index is 14.1. The van der Waals surface area contributed by atoms with Crippen LogP contribution in [0.15, 0.2) is 24.3 Å². The second-order valence-electron chi connectivity index (χ2n) is 9.83. The fourth-order valence-electron chi connectivity index (χ4n) is 3.67. The third-order valence-corrected chi connectivity index (χ3v) is 6.21. The highest BCUT2D eigenvalue weighted by Crippen LogP contribution is 2.28. The van der Waals surface area contributed by atoms with Crippen molar-refractivity contribution in [1.29, 1.82) is 0 Å². The Morgan fingerprint density at radius 1 is 1.16 bits per heavy atom. The van der Waals surface area contributed by atoms with Gasteiger partial charge >= 0.3 is 12.1 Å². The fourth-order valence-corrected chi connectivity index (χ4v) is 4.14. The van der Waals surface area contributed by atoms with Crippen LogP contribution >= 0.6 is 11.8 Å². The summed E-state index contributed by atoms with van der Waals surface area (Å²) in [6.07, 6.45) is 1.99. The van der Waals surface area contributed by atoms with E-state index in [1.165, 1.54) is 28.8 Å². The van der Waals surface area contributed by atoms with Gasteiger partial charge in [0, 0.05) is 12.6 Å². The number of phenolic OH excluding ortho intramolecular Hbond substituents is 1. The first kappa shape index (κ1) is 33.1. The molecule has 1 rings (SSSR count). The number of amides is 3. The van der Waals surface area contributed by atoms with Gasteiger partial charge in [-0.25, -0.2) is 4.79 Å². The summed E-state index contributed by atoms with van der Waals surface area (Å²) in [4.78, 5) is 53.4. The molecule has 3 unspecified atom stereocenters. The van der Waals surface area contributed by atoms with Crippen molar-refractivity contribution in [3.05, 3.63) is 29.8 Å². The molecule has 3 amide bonds. The van der Waals surface area contributed by atoms with Crippen LogP contribution in [0.25, 0.3) is 0 Å². The summed E-state index contributed by atoms with van der Waals surface area (Å²) in [6, 6.07) is 3.67. The molecule has 0 aliphatic carbocycles. The zero-order valence-electron chi connectivity index (χ0n) is 23.5. The molecular formula is C27H43N3O7S. The largest absolute Gasteiger partial charge is 0.508 e. The number of nitrogens with one attached hydrogen (secondary N) is 2. The zero-order chi connectivity index (χ0) is 28.9. The first-order chi connectivity index (χ1) is 17.8. The minimum atomic E-state index is -1.12. The van der Waals surface area contributed by atoms with Gasteiger partial charge in [0.2, 0.25) is 11.8 Å². The molecule has 0 heterocycles. The molecule has 38 heavy (non-hydrogen) atoms. The molecule has 0 saturated heterocycles. The van der Waals surface area contributed by atoms with Gasteiger partial charge in [-0.3, -0.25) is 14.4 Å². The second-order valence-corrected chi connectivity index (χ2v) is 10.8. The number of hydrogen-bond donors (Lipinski definition) is 3. The van der Waals surface area contributed by atoms with Gasteiger partial charge in [0.1, 0.15) is 23.4 Å². The first-order valence-electron chi connectivity index (χ1n) is 12.9. The number of carbonyl (C=O) groups excluding carboxylic acids is 4. The number of phenols is 1. The molecule has 0 fully saturated rings. The van der Waals surface area contributed by atoms with E-state index in [9.17, 15) is 24.3 Å². The van der Waals surface area contributed by atoms with Crippen molar-refractivity contribution < 1.29 is 33.8 Å². The standard InChI is InChI=1S/C27H43N3O7S/c1-8-18(3)30(25(34)21(14-16-38-7)29-26(35)37-27(4,5)6)23(19-11-10-12-20(31)17-19)24(33)28-15-13-22(32)36-9-2/h10-12,17-18,21,23,31H,8-9,13-16H2,1-7H3,(H,28,33)(H,29,35). The third kappa shape index (κ3) is 11.2. The van der Waals surface area contributed by atoms with E-state index in [0.717, 1.165) is 0 Å². The molecule has 10 nitrogen and oxygen atoms in total. The van der Waals surface area contributed by atoms with Crippen LogP contribution in [0.5, 0.6) is 5.75 Å². The summed E-state index contributed by atoms with van der Waals surface area (Å²) in [5.41, 5.74) is -0.357. The number of ether oxygens (including phenoxy) is 2. The van der Waals surface area contributed by atoms with E-state index in [2.05, 4.69) is 10.6 Å². The Kier molecular flexibility index (Phi) is 14.0. The van der Waals surface area contributed by atoms with E-state index in [1.54, 1.807) is 39.8 Å². The van der Waals surface area contributed by atoms with Crippen molar-refractivity contribution in [1.82, 2.24) is 15.5 Å². The van der Waals surface area contributed by atoms with Crippen molar-refractivity contribution in [2.24, 2.45) is 0 Å². The van der Waals surface area contributed by atoms with Gasteiger partial charge < -0.3 is 30.1 Å². The fraction of sp³-hybridized carbons (Fsp3) is 0.630. The van der Waals surface area contributed by atoms with E-state index in [-0.39, 0.29) is 25.3 Å². The number of benzene rings is 1. The average molecular weight is 554 g/mol. The Balaban J connectivity index is 3.42. The SMILES string of the molecule is CCOC(=O)CCNC(=O)C(c1cccc(O)c1)N(C(=O)C(CCSC)NC(=O)OC(C)(C)C)C(C)CC. The normalized spacial score (nSPS) is 13.6. The summed E-state index contributed by atoms with van der Waals surface area (Å²) in [6.45, 7) is 10.8. The van der Waals surface area contributed by atoms with Crippen LogP contribution in [-0.2, 0) is 23.9 Å². The Morgan fingerprint density at radius 3 is 2.39 bits per heavy atom. The molecule has 0 bridgehead atoms. The lowest BCUT2D eigenvalue weighted by Crippen LogP contribution is -2.55. The summed E-state index contributed by atoms with van der Waals surface area (Å²) >= 11 is 1.53. The van der Waals surface area contributed by atoms with E-state index >= 15 is 0 Å². The van der Waals surface area contributed by atoms with Crippen LogP contribution in [0, 0.1) is 0 Å². The topological polar surface area (TPSA) is 134 Å². The predicted octanol–water partition coefficient (Wildman–Crippen LogP) is 3.78. The van der Waals surface area contributed by atoms with Gasteiger partial charge in [0.25, 0.3) is 0 Å². The number of esters is 1. The predicted molar refractivity (Wildman–Crippen MR) is 148 cm³/mol. The van der Waals surface area contributed by atoms with E-state index < -0.39 is 47.6 Å². The van der Waals surface area contributed by atoms with Crippen LogP contribution < -0.4 is 10.6 Å². The molecule has 11 heteroatoms. The molecule has 1 aromatic rings. The molecule has 3 atom stereocenters. The Hall–Kier alpha value is -2.95.